The van der Waals surface area contributed by atoms with E-state index >= 15 is 0 Å². The summed E-state index contributed by atoms with van der Waals surface area (Å²) >= 11 is 0. The molecule has 3 heteroatoms. The van der Waals surface area contributed by atoms with Crippen molar-refractivity contribution < 1.29 is 15.0 Å². The van der Waals surface area contributed by atoms with Crippen molar-refractivity contribution in [1.29, 1.82) is 0 Å². The monoisotopic (exact) mass is 218 g/mol. The smallest absolute Gasteiger partial charge is 0.163 e. The van der Waals surface area contributed by atoms with Crippen LogP contribution in [-0.2, 0) is 6.42 Å². The summed E-state index contributed by atoms with van der Waals surface area (Å²) in [7, 11) is 0. The highest BCUT2D eigenvalue weighted by Gasteiger charge is 2.23. The minimum atomic E-state index is -0.238. The van der Waals surface area contributed by atoms with E-state index in [0.29, 0.717) is 12.0 Å². The molecule has 0 fully saturated rings. The lowest BCUT2D eigenvalue weighted by Gasteiger charge is -2.21. The van der Waals surface area contributed by atoms with E-state index in [4.69, 9.17) is 0 Å². The van der Waals surface area contributed by atoms with Gasteiger partial charge >= 0.3 is 0 Å². The summed E-state index contributed by atoms with van der Waals surface area (Å²) in [4.78, 5) is 11.3. The number of hydrogen-bond acceptors (Lipinski definition) is 3. The molecule has 1 atom stereocenters. The van der Waals surface area contributed by atoms with Gasteiger partial charge in [-0.25, -0.2) is 0 Å². The van der Waals surface area contributed by atoms with Crippen molar-refractivity contribution in [2.75, 3.05) is 0 Å². The van der Waals surface area contributed by atoms with Crippen molar-refractivity contribution in [3.63, 3.8) is 0 Å². The van der Waals surface area contributed by atoms with Crippen molar-refractivity contribution in [1.82, 2.24) is 0 Å². The summed E-state index contributed by atoms with van der Waals surface area (Å²) in [6.07, 6.45) is 4.48. The lowest BCUT2D eigenvalue weighted by Crippen LogP contribution is -2.06. The van der Waals surface area contributed by atoms with Crippen molar-refractivity contribution in [2.24, 2.45) is 0 Å². The fourth-order valence-corrected chi connectivity index (χ4v) is 2.20. The molecule has 0 radical (unpaired) electrons. The second-order valence-electron chi connectivity index (χ2n) is 4.16. The molecule has 2 rings (SSSR count). The van der Waals surface area contributed by atoms with Crippen LogP contribution in [0.25, 0.3) is 0 Å². The number of ketones is 1. The first-order valence-corrected chi connectivity index (χ1v) is 5.27. The van der Waals surface area contributed by atoms with Crippen LogP contribution in [0.1, 0.15) is 41.3 Å². The van der Waals surface area contributed by atoms with Gasteiger partial charge in [-0.15, -0.1) is 0 Å². The molecule has 0 heterocycles. The zero-order valence-corrected chi connectivity index (χ0v) is 9.32. The van der Waals surface area contributed by atoms with Gasteiger partial charge in [0, 0.05) is 17.0 Å². The standard InChI is InChI=1S/C13H14O3/c1-7-4-3-5-9-12(7)11(15)6-10(8(2)14)13(9)16/h3-4,6-7,15-16H,5H2,1-2H3. The van der Waals surface area contributed by atoms with E-state index in [9.17, 15) is 15.0 Å². The van der Waals surface area contributed by atoms with Crippen molar-refractivity contribution >= 4 is 5.78 Å². The van der Waals surface area contributed by atoms with Gasteiger partial charge in [0.25, 0.3) is 0 Å². The molecular formula is C13H14O3. The topological polar surface area (TPSA) is 57.5 Å². The number of aromatic hydroxyl groups is 2. The van der Waals surface area contributed by atoms with E-state index in [-0.39, 0.29) is 28.8 Å². The number of phenolic OH excluding ortho intramolecular Hbond substituents is 2. The second-order valence-corrected chi connectivity index (χ2v) is 4.16. The first kappa shape index (κ1) is 10.7. The van der Waals surface area contributed by atoms with Gasteiger partial charge in [-0.1, -0.05) is 19.1 Å². The average Bonchev–Trinajstić information content (AvgIpc) is 2.22. The minimum Gasteiger partial charge on any atom is -0.508 e. The Balaban J connectivity index is 2.71. The van der Waals surface area contributed by atoms with Gasteiger partial charge in [-0.05, 0) is 19.4 Å². The fourth-order valence-electron chi connectivity index (χ4n) is 2.20. The van der Waals surface area contributed by atoms with E-state index in [0.717, 1.165) is 5.56 Å². The van der Waals surface area contributed by atoms with Crippen LogP contribution < -0.4 is 0 Å². The van der Waals surface area contributed by atoms with Crippen LogP contribution in [0.3, 0.4) is 0 Å². The third-order valence-corrected chi connectivity index (χ3v) is 3.00. The minimum absolute atomic E-state index is 0.0106. The van der Waals surface area contributed by atoms with Gasteiger partial charge < -0.3 is 10.2 Å². The number of carbonyl (C=O) groups is 1. The van der Waals surface area contributed by atoms with E-state index in [1.165, 1.54) is 13.0 Å². The predicted molar refractivity (Wildman–Crippen MR) is 61.0 cm³/mol. The maximum absolute atomic E-state index is 11.3. The highest BCUT2D eigenvalue weighted by molar-refractivity contribution is 5.98. The first-order chi connectivity index (χ1) is 7.52. The summed E-state index contributed by atoms with van der Waals surface area (Å²) in [5.74, 6) is -0.0696. The molecule has 0 spiro atoms. The maximum Gasteiger partial charge on any atom is 0.163 e. The molecule has 1 aromatic carbocycles. The van der Waals surface area contributed by atoms with Gasteiger partial charge in [0.2, 0.25) is 0 Å². The summed E-state index contributed by atoms with van der Waals surface area (Å²) in [6, 6.07) is 1.35. The molecule has 1 unspecified atom stereocenters. The summed E-state index contributed by atoms with van der Waals surface area (Å²) < 4.78 is 0. The number of fused-ring (bicyclic) bond motifs is 1. The molecule has 1 aliphatic rings. The van der Waals surface area contributed by atoms with Crippen LogP contribution in [0.2, 0.25) is 0 Å². The van der Waals surface area contributed by atoms with Gasteiger partial charge in [-0.3, -0.25) is 4.79 Å². The Morgan fingerprint density at radius 1 is 1.44 bits per heavy atom. The average molecular weight is 218 g/mol. The lowest BCUT2D eigenvalue weighted by atomic mass is 9.85. The van der Waals surface area contributed by atoms with E-state index in [1.54, 1.807) is 0 Å². The molecule has 3 nitrogen and oxygen atoms in total. The lowest BCUT2D eigenvalue weighted by molar-refractivity contribution is 0.101. The highest BCUT2D eigenvalue weighted by Crippen LogP contribution is 2.40. The van der Waals surface area contributed by atoms with Gasteiger partial charge in [0.15, 0.2) is 5.78 Å². The molecule has 1 aromatic rings. The SMILES string of the molecule is CC(=O)c1cc(O)c2c(c1O)CC=CC2C. The second kappa shape index (κ2) is 3.67. The Kier molecular flexibility index (Phi) is 2.46. The molecule has 1 aliphatic carbocycles. The number of phenols is 2. The summed E-state index contributed by atoms with van der Waals surface area (Å²) in [6.45, 7) is 3.32. The van der Waals surface area contributed by atoms with Gasteiger partial charge in [0.1, 0.15) is 11.5 Å². The van der Waals surface area contributed by atoms with Crippen LogP contribution in [0.15, 0.2) is 18.2 Å². The number of hydrogen-bond donors (Lipinski definition) is 2. The summed E-state index contributed by atoms with van der Waals surface area (Å²) in [5, 5.41) is 19.9. The molecule has 2 N–H and O–H groups in total. The quantitative estimate of drug-likeness (QED) is 0.432. The van der Waals surface area contributed by atoms with Gasteiger partial charge in [0.05, 0.1) is 5.56 Å². The Morgan fingerprint density at radius 2 is 2.12 bits per heavy atom. The Labute approximate surface area is 94.0 Å². The molecule has 0 amide bonds. The number of Topliss-reactive ketones (excluding diaryl/α,β-unsaturated/α-hetero) is 1. The third kappa shape index (κ3) is 1.48. The third-order valence-electron chi connectivity index (χ3n) is 3.00. The zero-order valence-electron chi connectivity index (χ0n) is 9.32. The van der Waals surface area contributed by atoms with Gasteiger partial charge in [-0.2, -0.15) is 0 Å². The molecule has 84 valence electrons. The van der Waals surface area contributed by atoms with Crippen LogP contribution in [0, 0.1) is 0 Å². The molecule has 16 heavy (non-hydrogen) atoms. The molecule has 0 saturated heterocycles. The van der Waals surface area contributed by atoms with Crippen LogP contribution in [0.5, 0.6) is 11.5 Å². The molecule has 0 aliphatic heterocycles. The van der Waals surface area contributed by atoms with E-state index in [2.05, 4.69) is 0 Å². The molecular weight excluding hydrogens is 204 g/mol. The van der Waals surface area contributed by atoms with E-state index in [1.807, 2.05) is 19.1 Å². The van der Waals surface area contributed by atoms with E-state index < -0.39 is 0 Å². The predicted octanol–water partition coefficient (Wildman–Crippen LogP) is 2.52. The number of carbonyl (C=O) groups excluding carboxylic acids is 1. The Morgan fingerprint density at radius 3 is 2.75 bits per heavy atom. The summed E-state index contributed by atoms with van der Waals surface area (Å²) in [5.41, 5.74) is 1.59. The van der Waals surface area contributed by atoms with Crippen molar-refractivity contribution in [2.45, 2.75) is 26.2 Å². The molecule has 0 aromatic heterocycles. The fraction of sp³-hybridized carbons (Fsp3) is 0.308. The first-order valence-electron chi connectivity index (χ1n) is 5.27. The normalized spacial score (nSPS) is 18.2. The molecule has 0 saturated carbocycles. The van der Waals surface area contributed by atoms with Crippen LogP contribution >= 0.6 is 0 Å². The molecule has 0 bridgehead atoms. The number of benzene rings is 1. The highest BCUT2D eigenvalue weighted by atomic mass is 16.3. The van der Waals surface area contributed by atoms with Crippen LogP contribution in [0.4, 0.5) is 0 Å². The van der Waals surface area contributed by atoms with Crippen molar-refractivity contribution in [3.05, 3.63) is 34.9 Å². The Hall–Kier alpha value is -1.77. The number of allylic oxidation sites excluding steroid dienone is 2. The zero-order chi connectivity index (χ0) is 11.9. The maximum atomic E-state index is 11.3. The van der Waals surface area contributed by atoms with Crippen LogP contribution in [-0.4, -0.2) is 16.0 Å². The number of rotatable bonds is 1. The Bertz CT molecular complexity index is 486. The van der Waals surface area contributed by atoms with Crippen molar-refractivity contribution in [3.8, 4) is 11.5 Å². The largest absolute Gasteiger partial charge is 0.508 e.